The van der Waals surface area contributed by atoms with Gasteiger partial charge in [0, 0.05) is 11.6 Å². The first-order valence-corrected chi connectivity index (χ1v) is 6.82. The number of hydrogen-bond donors (Lipinski definition) is 2. The monoisotopic (exact) mass is 291 g/mol. The Labute approximate surface area is 119 Å². The van der Waals surface area contributed by atoms with Crippen molar-refractivity contribution in [3.05, 3.63) is 40.7 Å². The fraction of sp³-hybridized carbons (Fsp3) is 0.231. The van der Waals surface area contributed by atoms with Gasteiger partial charge in [-0.1, -0.05) is 13.8 Å². The van der Waals surface area contributed by atoms with Crippen molar-refractivity contribution in [2.24, 2.45) is 0 Å². The Morgan fingerprint density at radius 1 is 1.40 bits per heavy atom. The van der Waals surface area contributed by atoms with E-state index in [9.17, 15) is 9.59 Å². The standard InChI is InChI=1S/C13H13N3O3S/c1-7(2)9-6-20-13(15-9)16-11(17)10-8(12(18)19)4-3-5-14-10/h3-7H,1-2H3,(H,18,19)(H,15,16,17). The molecule has 20 heavy (non-hydrogen) atoms. The number of carboxylic acid groups (broad SMARTS) is 1. The predicted octanol–water partition coefficient (Wildman–Crippen LogP) is 2.61. The summed E-state index contributed by atoms with van der Waals surface area (Å²) in [5.74, 6) is -1.50. The van der Waals surface area contributed by atoms with Crippen molar-refractivity contribution >= 4 is 28.3 Å². The number of rotatable bonds is 4. The van der Waals surface area contributed by atoms with Gasteiger partial charge in [0.1, 0.15) is 5.69 Å². The molecule has 0 unspecified atom stereocenters. The summed E-state index contributed by atoms with van der Waals surface area (Å²) in [6.07, 6.45) is 1.38. The van der Waals surface area contributed by atoms with E-state index in [0.29, 0.717) is 5.13 Å². The van der Waals surface area contributed by atoms with Crippen molar-refractivity contribution in [3.8, 4) is 0 Å². The van der Waals surface area contributed by atoms with Crippen molar-refractivity contribution in [1.29, 1.82) is 0 Å². The number of anilines is 1. The molecule has 0 radical (unpaired) electrons. The molecular formula is C13H13N3O3S. The highest BCUT2D eigenvalue weighted by Gasteiger charge is 2.18. The van der Waals surface area contributed by atoms with Gasteiger partial charge >= 0.3 is 5.97 Å². The van der Waals surface area contributed by atoms with Crippen LogP contribution in [0.1, 0.15) is 46.3 Å². The van der Waals surface area contributed by atoms with Gasteiger partial charge in [-0.25, -0.2) is 9.78 Å². The minimum Gasteiger partial charge on any atom is -0.478 e. The maximum absolute atomic E-state index is 12.0. The van der Waals surface area contributed by atoms with Crippen LogP contribution in [0.3, 0.4) is 0 Å². The van der Waals surface area contributed by atoms with Gasteiger partial charge in [-0.3, -0.25) is 15.1 Å². The molecule has 0 aromatic carbocycles. The number of nitrogens with one attached hydrogen (secondary N) is 1. The van der Waals surface area contributed by atoms with E-state index in [1.807, 2.05) is 19.2 Å². The van der Waals surface area contributed by atoms with E-state index in [4.69, 9.17) is 5.11 Å². The van der Waals surface area contributed by atoms with Crippen LogP contribution in [-0.2, 0) is 0 Å². The maximum Gasteiger partial charge on any atom is 0.338 e. The lowest BCUT2D eigenvalue weighted by Gasteiger charge is -2.04. The van der Waals surface area contributed by atoms with Gasteiger partial charge in [0.05, 0.1) is 11.3 Å². The lowest BCUT2D eigenvalue weighted by molar-refractivity contribution is 0.0691. The third-order valence-corrected chi connectivity index (χ3v) is 3.36. The Morgan fingerprint density at radius 3 is 2.75 bits per heavy atom. The second kappa shape index (κ2) is 5.79. The van der Waals surface area contributed by atoms with Crippen molar-refractivity contribution in [2.75, 3.05) is 5.32 Å². The number of carbonyl (C=O) groups excluding carboxylic acids is 1. The van der Waals surface area contributed by atoms with E-state index in [1.165, 1.54) is 29.7 Å². The fourth-order valence-corrected chi connectivity index (χ4v) is 2.39. The summed E-state index contributed by atoms with van der Waals surface area (Å²) in [5, 5.41) is 13.9. The first-order valence-electron chi connectivity index (χ1n) is 5.94. The highest BCUT2D eigenvalue weighted by atomic mass is 32.1. The van der Waals surface area contributed by atoms with Crippen LogP contribution in [-0.4, -0.2) is 27.0 Å². The van der Waals surface area contributed by atoms with Crippen molar-refractivity contribution in [2.45, 2.75) is 19.8 Å². The van der Waals surface area contributed by atoms with Crippen LogP contribution in [0.15, 0.2) is 23.7 Å². The van der Waals surface area contributed by atoms with Crippen LogP contribution < -0.4 is 5.32 Å². The van der Waals surface area contributed by atoms with Crippen LogP contribution >= 0.6 is 11.3 Å². The number of aromatic carboxylic acids is 1. The Morgan fingerprint density at radius 2 is 2.15 bits per heavy atom. The summed E-state index contributed by atoms with van der Waals surface area (Å²) in [6.45, 7) is 4.00. The van der Waals surface area contributed by atoms with Gasteiger partial charge in [-0.15, -0.1) is 11.3 Å². The summed E-state index contributed by atoms with van der Waals surface area (Å²) in [5.41, 5.74) is 0.622. The molecule has 0 aliphatic rings. The SMILES string of the molecule is CC(C)c1csc(NC(=O)c2ncccc2C(=O)O)n1. The molecule has 6 nitrogen and oxygen atoms in total. The van der Waals surface area contributed by atoms with E-state index in [0.717, 1.165) is 5.69 Å². The van der Waals surface area contributed by atoms with Gasteiger partial charge in [0.25, 0.3) is 5.91 Å². The molecule has 2 aromatic heterocycles. The second-order valence-electron chi connectivity index (χ2n) is 4.39. The Hall–Kier alpha value is -2.28. The molecule has 2 rings (SSSR count). The Balaban J connectivity index is 2.22. The topological polar surface area (TPSA) is 92.2 Å². The van der Waals surface area contributed by atoms with Crippen LogP contribution in [0.5, 0.6) is 0 Å². The predicted molar refractivity (Wildman–Crippen MR) is 75.4 cm³/mol. The van der Waals surface area contributed by atoms with Gasteiger partial charge < -0.3 is 5.11 Å². The van der Waals surface area contributed by atoms with Crippen molar-refractivity contribution in [3.63, 3.8) is 0 Å². The maximum atomic E-state index is 12.0. The molecule has 7 heteroatoms. The van der Waals surface area contributed by atoms with E-state index in [2.05, 4.69) is 15.3 Å². The summed E-state index contributed by atoms with van der Waals surface area (Å²) < 4.78 is 0. The van der Waals surface area contributed by atoms with Gasteiger partial charge in [-0.05, 0) is 18.1 Å². The second-order valence-corrected chi connectivity index (χ2v) is 5.25. The van der Waals surface area contributed by atoms with E-state index >= 15 is 0 Å². The molecule has 0 saturated carbocycles. The number of carbonyl (C=O) groups is 2. The van der Waals surface area contributed by atoms with Gasteiger partial charge in [0.15, 0.2) is 5.13 Å². The van der Waals surface area contributed by atoms with Crippen LogP contribution in [0, 0.1) is 0 Å². The fourth-order valence-electron chi connectivity index (χ4n) is 1.52. The number of hydrogen-bond acceptors (Lipinski definition) is 5. The molecular weight excluding hydrogens is 278 g/mol. The van der Waals surface area contributed by atoms with E-state index < -0.39 is 11.9 Å². The molecule has 0 aliphatic carbocycles. The first kappa shape index (κ1) is 14.1. The first-order chi connectivity index (χ1) is 9.49. The molecule has 2 heterocycles. The zero-order valence-corrected chi connectivity index (χ0v) is 11.8. The minimum atomic E-state index is -1.19. The number of aromatic nitrogens is 2. The molecule has 0 aliphatic heterocycles. The molecule has 0 bridgehead atoms. The molecule has 1 amide bonds. The zero-order valence-electron chi connectivity index (χ0n) is 11.0. The Bertz CT molecular complexity index is 652. The summed E-state index contributed by atoms with van der Waals surface area (Å²) >= 11 is 1.30. The summed E-state index contributed by atoms with van der Waals surface area (Å²) in [7, 11) is 0. The van der Waals surface area contributed by atoms with Crippen LogP contribution in [0.4, 0.5) is 5.13 Å². The quantitative estimate of drug-likeness (QED) is 0.903. The van der Waals surface area contributed by atoms with E-state index in [-0.39, 0.29) is 17.2 Å². The highest BCUT2D eigenvalue weighted by Crippen LogP contribution is 2.22. The summed E-state index contributed by atoms with van der Waals surface area (Å²) in [6, 6.07) is 2.81. The number of nitrogens with zero attached hydrogens (tertiary/aromatic N) is 2. The van der Waals surface area contributed by atoms with Crippen LogP contribution in [0.25, 0.3) is 0 Å². The number of amides is 1. The number of carboxylic acids is 1. The smallest absolute Gasteiger partial charge is 0.338 e. The molecule has 0 spiro atoms. The zero-order chi connectivity index (χ0) is 14.7. The average molecular weight is 291 g/mol. The Kier molecular flexibility index (Phi) is 4.09. The molecule has 2 N–H and O–H groups in total. The third kappa shape index (κ3) is 3.00. The molecule has 104 valence electrons. The van der Waals surface area contributed by atoms with Gasteiger partial charge in [0.2, 0.25) is 0 Å². The average Bonchev–Trinajstić information content (AvgIpc) is 2.87. The lowest BCUT2D eigenvalue weighted by atomic mass is 10.2. The van der Waals surface area contributed by atoms with Crippen LogP contribution in [0.2, 0.25) is 0 Å². The lowest BCUT2D eigenvalue weighted by Crippen LogP contribution is -2.18. The largest absolute Gasteiger partial charge is 0.478 e. The van der Waals surface area contributed by atoms with E-state index in [1.54, 1.807) is 0 Å². The van der Waals surface area contributed by atoms with Crippen molar-refractivity contribution in [1.82, 2.24) is 9.97 Å². The number of pyridine rings is 1. The van der Waals surface area contributed by atoms with Crippen molar-refractivity contribution < 1.29 is 14.7 Å². The minimum absolute atomic E-state index is 0.124. The molecule has 0 fully saturated rings. The molecule has 0 saturated heterocycles. The number of thiazole rings is 1. The molecule has 0 atom stereocenters. The third-order valence-electron chi connectivity index (χ3n) is 2.59. The normalized spacial score (nSPS) is 10.6. The summed E-state index contributed by atoms with van der Waals surface area (Å²) in [4.78, 5) is 31.2. The molecule has 2 aromatic rings. The highest BCUT2D eigenvalue weighted by molar-refractivity contribution is 7.14. The van der Waals surface area contributed by atoms with Gasteiger partial charge in [-0.2, -0.15) is 0 Å².